The molecule has 0 fully saturated rings. The quantitative estimate of drug-likeness (QED) is 0.728. The van der Waals surface area contributed by atoms with Crippen LogP contribution in [0, 0.1) is 0 Å². The van der Waals surface area contributed by atoms with Crippen LogP contribution in [0.4, 0.5) is 0 Å². The van der Waals surface area contributed by atoms with Crippen molar-refractivity contribution in [3.05, 3.63) is 71.4 Å². The lowest BCUT2D eigenvalue weighted by Crippen LogP contribution is -2.22. The summed E-state index contributed by atoms with van der Waals surface area (Å²) in [4.78, 5) is 26.8. The van der Waals surface area contributed by atoms with Gasteiger partial charge in [0.05, 0.1) is 12.7 Å². The van der Waals surface area contributed by atoms with E-state index in [1.807, 2.05) is 30.5 Å². The SMILES string of the molecule is COC(=O)c1cccc(CNC(=O)c2ccc3[nH]ccc3c2)c1. The number of aromatic amines is 1. The van der Waals surface area contributed by atoms with Gasteiger partial charge in [-0.25, -0.2) is 4.79 Å². The van der Waals surface area contributed by atoms with Crippen LogP contribution in [0.5, 0.6) is 0 Å². The van der Waals surface area contributed by atoms with Crippen molar-refractivity contribution in [2.75, 3.05) is 7.11 Å². The van der Waals surface area contributed by atoms with Crippen molar-refractivity contribution in [3.8, 4) is 0 Å². The lowest BCUT2D eigenvalue weighted by Gasteiger charge is -2.07. The molecular formula is C18H16N2O3. The molecule has 0 unspecified atom stereocenters. The van der Waals surface area contributed by atoms with Crippen LogP contribution in [0.15, 0.2) is 54.7 Å². The van der Waals surface area contributed by atoms with E-state index in [0.717, 1.165) is 16.5 Å². The summed E-state index contributed by atoms with van der Waals surface area (Å²) in [6.07, 6.45) is 1.84. The molecule has 0 aliphatic rings. The smallest absolute Gasteiger partial charge is 0.337 e. The first kappa shape index (κ1) is 14.8. The average molecular weight is 308 g/mol. The molecule has 0 radical (unpaired) electrons. The molecule has 1 aromatic heterocycles. The van der Waals surface area contributed by atoms with Crippen LogP contribution in [0.25, 0.3) is 10.9 Å². The number of rotatable bonds is 4. The Bertz CT molecular complexity index is 867. The van der Waals surface area contributed by atoms with Gasteiger partial charge in [-0.1, -0.05) is 12.1 Å². The van der Waals surface area contributed by atoms with E-state index in [4.69, 9.17) is 4.74 Å². The molecule has 3 rings (SSSR count). The number of fused-ring (bicyclic) bond motifs is 1. The van der Waals surface area contributed by atoms with Gasteiger partial charge in [0.15, 0.2) is 0 Å². The lowest BCUT2D eigenvalue weighted by atomic mass is 10.1. The third-order valence-corrected chi connectivity index (χ3v) is 3.62. The molecule has 0 aliphatic heterocycles. The topological polar surface area (TPSA) is 71.2 Å². The number of hydrogen-bond donors (Lipinski definition) is 2. The molecule has 5 heteroatoms. The number of ether oxygens (including phenoxy) is 1. The first-order valence-electron chi connectivity index (χ1n) is 7.20. The largest absolute Gasteiger partial charge is 0.465 e. The van der Waals surface area contributed by atoms with Crippen molar-refractivity contribution < 1.29 is 14.3 Å². The maximum atomic E-state index is 12.2. The summed E-state index contributed by atoms with van der Waals surface area (Å²) >= 11 is 0. The normalized spacial score (nSPS) is 10.5. The first-order valence-corrected chi connectivity index (χ1v) is 7.20. The molecule has 0 saturated heterocycles. The Morgan fingerprint density at radius 1 is 1.09 bits per heavy atom. The Morgan fingerprint density at radius 2 is 1.96 bits per heavy atom. The van der Waals surface area contributed by atoms with Gasteiger partial charge in [-0.2, -0.15) is 0 Å². The molecule has 1 heterocycles. The van der Waals surface area contributed by atoms with Crippen molar-refractivity contribution in [3.63, 3.8) is 0 Å². The molecule has 0 saturated carbocycles. The van der Waals surface area contributed by atoms with Crippen LogP contribution >= 0.6 is 0 Å². The second-order valence-electron chi connectivity index (χ2n) is 5.15. The molecule has 3 aromatic rings. The summed E-state index contributed by atoms with van der Waals surface area (Å²) in [5, 5.41) is 3.85. The number of carbonyl (C=O) groups is 2. The highest BCUT2D eigenvalue weighted by atomic mass is 16.5. The number of amides is 1. The van der Waals surface area contributed by atoms with E-state index in [1.54, 1.807) is 24.3 Å². The molecule has 0 bridgehead atoms. The highest BCUT2D eigenvalue weighted by Gasteiger charge is 2.09. The second kappa shape index (κ2) is 6.36. The van der Waals surface area contributed by atoms with E-state index in [2.05, 4.69) is 10.3 Å². The fourth-order valence-corrected chi connectivity index (χ4v) is 2.41. The summed E-state index contributed by atoms with van der Waals surface area (Å²) < 4.78 is 4.69. The van der Waals surface area contributed by atoms with Crippen LogP contribution in [0.2, 0.25) is 0 Å². The molecule has 1 amide bonds. The van der Waals surface area contributed by atoms with E-state index in [9.17, 15) is 9.59 Å². The molecule has 116 valence electrons. The van der Waals surface area contributed by atoms with Crippen molar-refractivity contribution in [2.45, 2.75) is 6.54 Å². The Kier molecular flexibility index (Phi) is 4.10. The van der Waals surface area contributed by atoms with E-state index in [1.165, 1.54) is 7.11 Å². The van der Waals surface area contributed by atoms with Gasteiger partial charge in [-0.3, -0.25) is 4.79 Å². The van der Waals surface area contributed by atoms with E-state index < -0.39 is 5.97 Å². The minimum absolute atomic E-state index is 0.156. The average Bonchev–Trinajstić information content (AvgIpc) is 3.06. The number of methoxy groups -OCH3 is 1. The third-order valence-electron chi connectivity index (χ3n) is 3.62. The van der Waals surface area contributed by atoms with E-state index >= 15 is 0 Å². The van der Waals surface area contributed by atoms with Crippen molar-refractivity contribution in [1.82, 2.24) is 10.3 Å². The monoisotopic (exact) mass is 308 g/mol. The minimum Gasteiger partial charge on any atom is -0.465 e. The molecule has 0 spiro atoms. The van der Waals surface area contributed by atoms with E-state index in [-0.39, 0.29) is 5.91 Å². The van der Waals surface area contributed by atoms with Gasteiger partial charge < -0.3 is 15.0 Å². The van der Waals surface area contributed by atoms with Gasteiger partial charge in [0.25, 0.3) is 5.91 Å². The fraction of sp³-hybridized carbons (Fsp3) is 0.111. The number of H-pyrrole nitrogens is 1. The molecule has 2 aromatic carbocycles. The number of aromatic nitrogens is 1. The first-order chi connectivity index (χ1) is 11.2. The zero-order valence-corrected chi connectivity index (χ0v) is 12.6. The zero-order chi connectivity index (χ0) is 16.2. The Morgan fingerprint density at radius 3 is 2.78 bits per heavy atom. The maximum Gasteiger partial charge on any atom is 0.337 e. The Balaban J connectivity index is 1.70. The zero-order valence-electron chi connectivity index (χ0n) is 12.6. The molecule has 2 N–H and O–H groups in total. The van der Waals surface area contributed by atoms with Crippen LogP contribution in [0.1, 0.15) is 26.3 Å². The summed E-state index contributed by atoms with van der Waals surface area (Å²) in [6.45, 7) is 0.342. The molecule has 0 aliphatic carbocycles. The predicted octanol–water partition coefficient (Wildman–Crippen LogP) is 2.88. The van der Waals surface area contributed by atoms with E-state index in [0.29, 0.717) is 17.7 Å². The third kappa shape index (κ3) is 3.23. The predicted molar refractivity (Wildman–Crippen MR) is 87.3 cm³/mol. The minimum atomic E-state index is -0.393. The van der Waals surface area contributed by atoms with Crippen LogP contribution in [0.3, 0.4) is 0 Å². The van der Waals surface area contributed by atoms with Crippen LogP contribution in [-0.2, 0) is 11.3 Å². The van der Waals surface area contributed by atoms with Crippen molar-refractivity contribution >= 4 is 22.8 Å². The van der Waals surface area contributed by atoms with Crippen LogP contribution in [-0.4, -0.2) is 24.0 Å². The number of esters is 1. The summed E-state index contributed by atoms with van der Waals surface area (Å²) in [5.41, 5.74) is 2.89. The highest BCUT2D eigenvalue weighted by molar-refractivity contribution is 5.98. The lowest BCUT2D eigenvalue weighted by molar-refractivity contribution is 0.0600. The maximum absolute atomic E-state index is 12.2. The summed E-state index contributed by atoms with van der Waals surface area (Å²) in [6, 6.07) is 14.4. The summed E-state index contributed by atoms with van der Waals surface area (Å²) in [5.74, 6) is -0.548. The highest BCUT2D eigenvalue weighted by Crippen LogP contribution is 2.14. The number of nitrogens with one attached hydrogen (secondary N) is 2. The molecular weight excluding hydrogens is 292 g/mol. The van der Waals surface area contributed by atoms with Gasteiger partial charge in [0.1, 0.15) is 0 Å². The van der Waals surface area contributed by atoms with Gasteiger partial charge in [0.2, 0.25) is 0 Å². The summed E-state index contributed by atoms with van der Waals surface area (Å²) in [7, 11) is 1.34. The second-order valence-corrected chi connectivity index (χ2v) is 5.15. The van der Waals surface area contributed by atoms with Gasteiger partial charge >= 0.3 is 5.97 Å². The van der Waals surface area contributed by atoms with Gasteiger partial charge in [-0.05, 0) is 42.0 Å². The van der Waals surface area contributed by atoms with Gasteiger partial charge in [0, 0.05) is 29.2 Å². The fourth-order valence-electron chi connectivity index (χ4n) is 2.41. The van der Waals surface area contributed by atoms with Crippen molar-refractivity contribution in [2.24, 2.45) is 0 Å². The molecule has 5 nitrogen and oxygen atoms in total. The Labute approximate surface area is 133 Å². The number of benzene rings is 2. The van der Waals surface area contributed by atoms with Crippen molar-refractivity contribution in [1.29, 1.82) is 0 Å². The molecule has 0 atom stereocenters. The standard InChI is InChI=1S/C18H16N2O3/c1-23-18(22)15-4-2-3-12(9-15)11-20-17(21)14-5-6-16-13(10-14)7-8-19-16/h2-10,19H,11H2,1H3,(H,20,21). The van der Waals surface area contributed by atoms with Crippen LogP contribution < -0.4 is 5.32 Å². The Hall–Kier alpha value is -3.08. The number of hydrogen-bond acceptors (Lipinski definition) is 3. The number of carbonyl (C=O) groups excluding carboxylic acids is 2. The van der Waals surface area contributed by atoms with Gasteiger partial charge in [-0.15, -0.1) is 0 Å². The molecule has 23 heavy (non-hydrogen) atoms.